The van der Waals surface area contributed by atoms with Crippen LogP contribution in [0.25, 0.3) is 0 Å². The molecule has 2 aliphatic rings. The van der Waals surface area contributed by atoms with Crippen molar-refractivity contribution in [2.24, 2.45) is 0 Å². The third-order valence-electron chi connectivity index (χ3n) is 3.88. The van der Waals surface area contributed by atoms with E-state index in [0.717, 1.165) is 49.2 Å². The SMILES string of the molecule is CNC(=S)N1CCC[C@@H]1c1ccc2c(c1)OCCCO2. The highest BCUT2D eigenvalue weighted by Crippen LogP contribution is 2.37. The maximum Gasteiger partial charge on any atom is 0.169 e. The van der Waals surface area contributed by atoms with Gasteiger partial charge in [-0.1, -0.05) is 6.07 Å². The molecule has 2 aliphatic heterocycles. The number of benzene rings is 1. The van der Waals surface area contributed by atoms with Crippen LogP contribution in [0.15, 0.2) is 18.2 Å². The lowest BCUT2D eigenvalue weighted by Crippen LogP contribution is -2.37. The number of hydrogen-bond donors (Lipinski definition) is 1. The molecule has 0 amide bonds. The molecule has 2 heterocycles. The quantitative estimate of drug-likeness (QED) is 0.804. The average Bonchev–Trinajstić information content (AvgIpc) is 2.85. The smallest absolute Gasteiger partial charge is 0.169 e. The van der Waals surface area contributed by atoms with E-state index in [9.17, 15) is 0 Å². The van der Waals surface area contributed by atoms with Crippen LogP contribution >= 0.6 is 12.2 Å². The van der Waals surface area contributed by atoms with Crippen molar-refractivity contribution < 1.29 is 9.47 Å². The van der Waals surface area contributed by atoms with Gasteiger partial charge in [-0.05, 0) is 42.8 Å². The Morgan fingerprint density at radius 2 is 2.05 bits per heavy atom. The Bertz CT molecular complexity index is 507. The summed E-state index contributed by atoms with van der Waals surface area (Å²) in [4.78, 5) is 2.26. The van der Waals surface area contributed by atoms with Crippen molar-refractivity contribution in [2.45, 2.75) is 25.3 Å². The maximum atomic E-state index is 5.78. The molecule has 0 bridgehead atoms. The number of ether oxygens (including phenoxy) is 2. The molecule has 0 radical (unpaired) electrons. The minimum absolute atomic E-state index is 0.340. The van der Waals surface area contributed by atoms with Crippen molar-refractivity contribution in [3.8, 4) is 11.5 Å². The van der Waals surface area contributed by atoms with E-state index in [-0.39, 0.29) is 0 Å². The van der Waals surface area contributed by atoms with E-state index in [2.05, 4.69) is 22.3 Å². The molecule has 1 fully saturated rings. The predicted molar refractivity (Wildman–Crippen MR) is 82.4 cm³/mol. The van der Waals surface area contributed by atoms with Crippen LogP contribution in [0.4, 0.5) is 0 Å². The second-order valence-electron chi connectivity index (χ2n) is 5.16. The van der Waals surface area contributed by atoms with Crippen LogP contribution in [0, 0.1) is 0 Å². The lowest BCUT2D eigenvalue weighted by atomic mass is 10.0. The Balaban J connectivity index is 1.86. The fourth-order valence-corrected chi connectivity index (χ4v) is 3.11. The number of fused-ring (bicyclic) bond motifs is 1. The first kappa shape index (κ1) is 13.5. The Kier molecular flexibility index (Phi) is 3.96. The summed E-state index contributed by atoms with van der Waals surface area (Å²) >= 11 is 5.39. The van der Waals surface area contributed by atoms with Gasteiger partial charge in [0.05, 0.1) is 19.3 Å². The van der Waals surface area contributed by atoms with Crippen molar-refractivity contribution >= 4 is 17.3 Å². The summed E-state index contributed by atoms with van der Waals surface area (Å²) in [6.07, 6.45) is 3.23. The van der Waals surface area contributed by atoms with E-state index in [0.29, 0.717) is 6.04 Å². The molecular formula is C15H20N2O2S. The maximum absolute atomic E-state index is 5.78. The zero-order valence-corrected chi connectivity index (χ0v) is 12.5. The summed E-state index contributed by atoms with van der Waals surface area (Å²) in [6, 6.07) is 6.61. The van der Waals surface area contributed by atoms with Crippen molar-refractivity contribution in [1.82, 2.24) is 10.2 Å². The summed E-state index contributed by atoms with van der Waals surface area (Å²) in [5, 5.41) is 3.90. The van der Waals surface area contributed by atoms with Gasteiger partial charge in [0, 0.05) is 20.0 Å². The zero-order valence-electron chi connectivity index (χ0n) is 11.7. The topological polar surface area (TPSA) is 33.7 Å². The van der Waals surface area contributed by atoms with E-state index in [1.807, 2.05) is 13.1 Å². The number of nitrogens with one attached hydrogen (secondary N) is 1. The van der Waals surface area contributed by atoms with Gasteiger partial charge >= 0.3 is 0 Å². The minimum Gasteiger partial charge on any atom is -0.490 e. The van der Waals surface area contributed by atoms with Crippen LogP contribution in [0.3, 0.4) is 0 Å². The first-order chi connectivity index (χ1) is 9.79. The van der Waals surface area contributed by atoms with Crippen molar-refractivity contribution in [1.29, 1.82) is 0 Å². The monoisotopic (exact) mass is 292 g/mol. The highest BCUT2D eigenvalue weighted by Gasteiger charge is 2.28. The van der Waals surface area contributed by atoms with Crippen LogP contribution in [-0.2, 0) is 0 Å². The molecule has 0 aromatic heterocycles. The molecular weight excluding hydrogens is 272 g/mol. The van der Waals surface area contributed by atoms with Crippen LogP contribution in [0.5, 0.6) is 11.5 Å². The Morgan fingerprint density at radius 1 is 1.25 bits per heavy atom. The first-order valence-electron chi connectivity index (χ1n) is 7.17. The third-order valence-corrected chi connectivity index (χ3v) is 4.32. The fourth-order valence-electron chi connectivity index (χ4n) is 2.89. The summed E-state index contributed by atoms with van der Waals surface area (Å²) in [7, 11) is 1.88. The molecule has 1 aromatic rings. The van der Waals surface area contributed by atoms with Crippen molar-refractivity contribution in [3.63, 3.8) is 0 Å². The van der Waals surface area contributed by atoms with Gasteiger partial charge in [-0.3, -0.25) is 0 Å². The molecule has 5 heteroatoms. The van der Waals surface area contributed by atoms with Gasteiger partial charge in [-0.2, -0.15) is 0 Å². The molecule has 3 rings (SSSR count). The molecule has 0 spiro atoms. The average molecular weight is 292 g/mol. The third kappa shape index (κ3) is 2.54. The zero-order chi connectivity index (χ0) is 13.9. The van der Waals surface area contributed by atoms with Gasteiger partial charge in [0.25, 0.3) is 0 Å². The summed E-state index contributed by atoms with van der Waals surface area (Å²) in [5.74, 6) is 1.72. The van der Waals surface area contributed by atoms with E-state index < -0.39 is 0 Å². The van der Waals surface area contributed by atoms with Gasteiger partial charge in [-0.15, -0.1) is 0 Å². The Morgan fingerprint density at radius 3 is 2.85 bits per heavy atom. The normalized spacial score (nSPS) is 21.4. The van der Waals surface area contributed by atoms with Gasteiger partial charge in [0.2, 0.25) is 0 Å². The molecule has 0 unspecified atom stereocenters. The van der Waals surface area contributed by atoms with Crippen LogP contribution in [-0.4, -0.2) is 36.8 Å². The molecule has 4 nitrogen and oxygen atoms in total. The fraction of sp³-hybridized carbons (Fsp3) is 0.533. The van der Waals surface area contributed by atoms with Gasteiger partial charge in [-0.25, -0.2) is 0 Å². The highest BCUT2D eigenvalue weighted by molar-refractivity contribution is 7.80. The number of hydrogen-bond acceptors (Lipinski definition) is 3. The molecule has 0 aliphatic carbocycles. The van der Waals surface area contributed by atoms with Crippen LogP contribution < -0.4 is 14.8 Å². The van der Waals surface area contributed by atoms with E-state index in [4.69, 9.17) is 21.7 Å². The predicted octanol–water partition coefficient (Wildman–Crippen LogP) is 2.49. The highest BCUT2D eigenvalue weighted by atomic mass is 32.1. The van der Waals surface area contributed by atoms with E-state index >= 15 is 0 Å². The van der Waals surface area contributed by atoms with Crippen LogP contribution in [0.2, 0.25) is 0 Å². The summed E-state index contributed by atoms with van der Waals surface area (Å²) in [6.45, 7) is 2.46. The van der Waals surface area contributed by atoms with Crippen molar-refractivity contribution in [2.75, 3.05) is 26.8 Å². The lowest BCUT2D eigenvalue weighted by Gasteiger charge is -2.27. The summed E-state index contributed by atoms with van der Waals surface area (Å²) < 4.78 is 11.5. The lowest BCUT2D eigenvalue weighted by molar-refractivity contribution is 0.296. The second kappa shape index (κ2) is 5.87. The number of rotatable bonds is 1. The largest absolute Gasteiger partial charge is 0.490 e. The van der Waals surface area contributed by atoms with Gasteiger partial charge in [0.15, 0.2) is 16.6 Å². The van der Waals surface area contributed by atoms with Gasteiger partial charge in [0.1, 0.15) is 0 Å². The van der Waals surface area contributed by atoms with Crippen LogP contribution in [0.1, 0.15) is 30.9 Å². The number of likely N-dealkylation sites (tertiary alicyclic amines) is 1. The molecule has 20 heavy (non-hydrogen) atoms. The summed E-state index contributed by atoms with van der Waals surface area (Å²) in [5.41, 5.74) is 1.25. The van der Waals surface area contributed by atoms with Gasteiger partial charge < -0.3 is 19.7 Å². The van der Waals surface area contributed by atoms with E-state index in [1.165, 1.54) is 12.0 Å². The Labute approximate surface area is 125 Å². The standard InChI is InChI=1S/C15H20N2O2S/c1-16-15(20)17-7-2-4-12(17)11-5-6-13-14(10-11)19-9-3-8-18-13/h5-6,10,12H,2-4,7-9H2,1H3,(H,16,20)/t12-/m1/s1. The number of nitrogens with zero attached hydrogens (tertiary/aromatic N) is 1. The molecule has 1 saturated heterocycles. The van der Waals surface area contributed by atoms with Crippen molar-refractivity contribution in [3.05, 3.63) is 23.8 Å². The Hall–Kier alpha value is -1.49. The minimum atomic E-state index is 0.340. The molecule has 1 N–H and O–H groups in total. The second-order valence-corrected chi connectivity index (χ2v) is 5.55. The first-order valence-corrected chi connectivity index (χ1v) is 7.58. The van der Waals surface area contributed by atoms with E-state index in [1.54, 1.807) is 0 Å². The molecule has 108 valence electrons. The number of thiocarbonyl (C=S) groups is 1. The molecule has 0 saturated carbocycles. The molecule has 1 aromatic carbocycles. The molecule has 1 atom stereocenters.